The maximum atomic E-state index is 13.3. The first kappa shape index (κ1) is 41.0. The number of hydrogen-bond donors (Lipinski definition) is 2. The Morgan fingerprint density at radius 1 is 1.06 bits per heavy atom. The minimum atomic E-state index is -1.19. The molecular weight excluding hydrogens is 644 g/mol. The van der Waals surface area contributed by atoms with Crippen LogP contribution in [0.5, 0.6) is 5.75 Å². The van der Waals surface area contributed by atoms with Crippen LogP contribution in [0.4, 0.5) is 10.5 Å². The maximum absolute atomic E-state index is 13.3. The van der Waals surface area contributed by atoms with Gasteiger partial charge in [0.15, 0.2) is 6.10 Å². The number of carbonyl (C=O) groups excluding carboxylic acids is 4. The number of benzene rings is 1. The van der Waals surface area contributed by atoms with Gasteiger partial charge in [0.2, 0.25) is 5.91 Å². The van der Waals surface area contributed by atoms with E-state index in [9.17, 15) is 24.0 Å². The Kier molecular flexibility index (Phi) is 14.8. The third-order valence-corrected chi connectivity index (χ3v) is 6.84. The SMILES string of the molecule is CC(C)(C)OC=O.COc1cc(CC(C)(C)C)c2nc(Cn3cccc(NC(=O)[C@H](CC/C=C/C(=O)N(C)C)OC(=O)N(C)C)c3=O)[nH]c2c1. The highest BCUT2D eigenvalue weighted by molar-refractivity contribution is 5.95. The lowest BCUT2D eigenvalue weighted by Crippen LogP contribution is -2.37. The van der Waals surface area contributed by atoms with E-state index in [0.29, 0.717) is 24.5 Å². The van der Waals surface area contributed by atoms with Crippen LogP contribution in [-0.2, 0) is 36.8 Å². The molecule has 0 spiro atoms. The largest absolute Gasteiger partial charge is 0.497 e. The van der Waals surface area contributed by atoms with Crippen LogP contribution in [-0.4, -0.2) is 95.7 Å². The minimum absolute atomic E-state index is 0.0283. The summed E-state index contributed by atoms with van der Waals surface area (Å²) in [6, 6.07) is 6.99. The number of imidazole rings is 1. The summed E-state index contributed by atoms with van der Waals surface area (Å²) in [6.07, 6.45) is 3.91. The summed E-state index contributed by atoms with van der Waals surface area (Å²) in [6.45, 7) is 12.5. The van der Waals surface area contributed by atoms with Crippen LogP contribution in [0, 0.1) is 5.41 Å². The van der Waals surface area contributed by atoms with Gasteiger partial charge in [0.05, 0.1) is 24.7 Å². The van der Waals surface area contributed by atoms with Crippen LogP contribution >= 0.6 is 0 Å². The molecule has 14 heteroatoms. The second kappa shape index (κ2) is 18.0. The number of likely N-dealkylation sites (N-methyl/N-ethyl adjacent to an activating group) is 1. The number of rotatable bonds is 12. The Hall–Kier alpha value is -5.14. The molecule has 0 fully saturated rings. The van der Waals surface area contributed by atoms with Crippen LogP contribution in [0.25, 0.3) is 11.0 Å². The van der Waals surface area contributed by atoms with Crippen molar-refractivity contribution >= 4 is 41.1 Å². The zero-order valence-corrected chi connectivity index (χ0v) is 31.1. The average Bonchev–Trinajstić information content (AvgIpc) is 3.42. The highest BCUT2D eigenvalue weighted by Crippen LogP contribution is 2.29. The van der Waals surface area contributed by atoms with E-state index in [0.717, 1.165) is 23.0 Å². The summed E-state index contributed by atoms with van der Waals surface area (Å²) >= 11 is 0. The van der Waals surface area contributed by atoms with E-state index in [1.807, 2.05) is 32.9 Å². The molecule has 274 valence electrons. The van der Waals surface area contributed by atoms with Crippen molar-refractivity contribution in [2.45, 2.75) is 79.1 Å². The van der Waals surface area contributed by atoms with Crippen molar-refractivity contribution < 1.29 is 33.4 Å². The van der Waals surface area contributed by atoms with Gasteiger partial charge >= 0.3 is 6.09 Å². The third kappa shape index (κ3) is 13.4. The summed E-state index contributed by atoms with van der Waals surface area (Å²) in [4.78, 5) is 70.9. The van der Waals surface area contributed by atoms with E-state index in [4.69, 9.17) is 14.5 Å². The van der Waals surface area contributed by atoms with Crippen molar-refractivity contribution in [3.63, 3.8) is 0 Å². The highest BCUT2D eigenvalue weighted by Gasteiger charge is 2.25. The first-order valence-electron chi connectivity index (χ1n) is 16.2. The zero-order valence-electron chi connectivity index (χ0n) is 31.1. The minimum Gasteiger partial charge on any atom is -0.497 e. The number of nitrogens with zero attached hydrogens (tertiary/aromatic N) is 4. The summed E-state index contributed by atoms with van der Waals surface area (Å²) in [5, 5.41) is 2.61. The van der Waals surface area contributed by atoms with E-state index in [1.54, 1.807) is 39.5 Å². The van der Waals surface area contributed by atoms with Crippen molar-refractivity contribution in [3.8, 4) is 5.75 Å². The Morgan fingerprint density at radius 2 is 1.74 bits per heavy atom. The van der Waals surface area contributed by atoms with Gasteiger partial charge in [-0.05, 0) is 75.3 Å². The number of hydrogen-bond acceptors (Lipinski definition) is 9. The van der Waals surface area contributed by atoms with Gasteiger partial charge in [0, 0.05) is 40.5 Å². The first-order valence-corrected chi connectivity index (χ1v) is 16.2. The van der Waals surface area contributed by atoms with E-state index in [2.05, 4.69) is 35.8 Å². The van der Waals surface area contributed by atoms with Crippen LogP contribution in [0.1, 0.15) is 65.8 Å². The van der Waals surface area contributed by atoms with Gasteiger partial charge in [-0.15, -0.1) is 0 Å². The maximum Gasteiger partial charge on any atom is 0.410 e. The van der Waals surface area contributed by atoms with Gasteiger partial charge in [-0.1, -0.05) is 26.8 Å². The van der Waals surface area contributed by atoms with Crippen LogP contribution in [0.2, 0.25) is 0 Å². The predicted octanol–water partition coefficient (Wildman–Crippen LogP) is 4.76. The fourth-order valence-electron chi connectivity index (χ4n) is 4.44. The lowest BCUT2D eigenvalue weighted by Gasteiger charge is -2.19. The molecular formula is C36H52N6O8. The summed E-state index contributed by atoms with van der Waals surface area (Å²) in [5.41, 5.74) is 1.95. The molecule has 2 aromatic heterocycles. The van der Waals surface area contributed by atoms with Crippen molar-refractivity contribution in [3.05, 3.63) is 64.4 Å². The fourth-order valence-corrected chi connectivity index (χ4v) is 4.44. The van der Waals surface area contributed by atoms with Crippen molar-refractivity contribution in [2.75, 3.05) is 40.6 Å². The molecule has 3 amide bonds. The molecule has 3 aromatic rings. The monoisotopic (exact) mass is 696 g/mol. The molecule has 14 nitrogen and oxygen atoms in total. The third-order valence-electron chi connectivity index (χ3n) is 6.84. The van der Waals surface area contributed by atoms with Gasteiger partial charge in [0.1, 0.15) is 22.9 Å². The smallest absolute Gasteiger partial charge is 0.410 e. The summed E-state index contributed by atoms with van der Waals surface area (Å²) in [5.74, 6) is 0.430. The Bertz CT molecular complexity index is 1710. The molecule has 1 atom stereocenters. The molecule has 2 N–H and O–H groups in total. The summed E-state index contributed by atoms with van der Waals surface area (Å²) < 4.78 is 16.8. The number of carbonyl (C=O) groups is 4. The lowest BCUT2D eigenvalue weighted by molar-refractivity contribution is -0.138. The van der Waals surface area contributed by atoms with Gasteiger partial charge in [-0.3, -0.25) is 19.2 Å². The molecule has 0 unspecified atom stereocenters. The van der Waals surface area contributed by atoms with Crippen LogP contribution in [0.3, 0.4) is 0 Å². The Morgan fingerprint density at radius 3 is 2.28 bits per heavy atom. The normalized spacial score (nSPS) is 12.1. The first-order chi connectivity index (χ1) is 23.2. The number of aromatic amines is 1. The molecule has 0 aliphatic heterocycles. The molecule has 1 aromatic carbocycles. The number of anilines is 1. The lowest BCUT2D eigenvalue weighted by atomic mass is 9.87. The average molecular weight is 697 g/mol. The number of nitrogens with one attached hydrogen (secondary N) is 2. The second-order valence-electron chi connectivity index (χ2n) is 14.3. The molecule has 2 heterocycles. The van der Waals surface area contributed by atoms with E-state index < -0.39 is 23.7 Å². The number of amides is 3. The Balaban J connectivity index is 0.00000112. The number of ether oxygens (including phenoxy) is 3. The highest BCUT2D eigenvalue weighted by atomic mass is 16.6. The molecule has 0 aliphatic carbocycles. The number of aromatic nitrogens is 3. The molecule has 0 saturated heterocycles. The molecule has 3 rings (SSSR count). The molecule has 0 bridgehead atoms. The van der Waals surface area contributed by atoms with E-state index in [1.165, 1.54) is 40.6 Å². The molecule has 0 radical (unpaired) electrons. The zero-order chi connectivity index (χ0) is 37.8. The Labute approximate surface area is 293 Å². The van der Waals surface area contributed by atoms with Crippen LogP contribution < -0.4 is 15.6 Å². The standard InChI is InChI=1S/C31H42N6O6.C5H10O2/c1-31(2,3)18-20-16-21(42-8)17-23-27(20)34-25(32-23)19-37-15-11-12-22(29(37)40)33-28(39)24(43-30(41)36(6)7)13-9-10-14-26(38)35(4)5;1-5(2,3)7-4-6/h10-12,14-17,24H,9,13,18-19H2,1-8H3,(H,32,34)(H,33,39);4H,1-3H3/b14-10+;/t24-;/m0./s1. The van der Waals surface area contributed by atoms with E-state index in [-0.39, 0.29) is 35.6 Å². The van der Waals surface area contributed by atoms with Crippen LogP contribution in [0.15, 0.2) is 47.4 Å². The number of pyridine rings is 1. The number of H-pyrrole nitrogens is 1. The van der Waals surface area contributed by atoms with E-state index >= 15 is 0 Å². The number of methoxy groups -OCH3 is 1. The topological polar surface area (TPSA) is 165 Å². The molecule has 0 saturated carbocycles. The van der Waals surface area contributed by atoms with Gasteiger partial charge < -0.3 is 38.9 Å². The van der Waals surface area contributed by atoms with Gasteiger partial charge in [-0.25, -0.2) is 9.78 Å². The quantitative estimate of drug-likeness (QED) is 0.201. The van der Waals surface area contributed by atoms with Crippen molar-refractivity contribution in [1.82, 2.24) is 24.3 Å². The summed E-state index contributed by atoms with van der Waals surface area (Å²) in [7, 11) is 7.88. The van der Waals surface area contributed by atoms with Crippen molar-refractivity contribution in [2.24, 2.45) is 5.41 Å². The molecule has 50 heavy (non-hydrogen) atoms. The fraction of sp³-hybridized carbons (Fsp3) is 0.500. The molecule has 0 aliphatic rings. The number of fused-ring (bicyclic) bond motifs is 1. The van der Waals surface area contributed by atoms with Gasteiger partial charge in [0.25, 0.3) is 17.9 Å². The van der Waals surface area contributed by atoms with Crippen molar-refractivity contribution in [1.29, 1.82) is 0 Å². The second-order valence-corrected chi connectivity index (χ2v) is 14.3. The number of allylic oxidation sites excluding steroid dienone is 1. The van der Waals surface area contributed by atoms with Gasteiger partial charge in [-0.2, -0.15) is 0 Å². The predicted molar refractivity (Wildman–Crippen MR) is 192 cm³/mol.